The molecule has 0 saturated carbocycles. The fraction of sp³-hybridized carbons (Fsp3) is 0.133. The Bertz CT molecular complexity index is 376. The summed E-state index contributed by atoms with van der Waals surface area (Å²) in [5.74, 6) is 0.162. The third-order valence-electron chi connectivity index (χ3n) is 1.98. The van der Waals surface area contributed by atoms with Crippen molar-refractivity contribution in [2.75, 3.05) is 0 Å². The SMILES string of the molecule is O=C1\C=C/C=C\C=C/C=C\C=C/C=C\CC1. The van der Waals surface area contributed by atoms with Gasteiger partial charge in [0.25, 0.3) is 0 Å². The van der Waals surface area contributed by atoms with Gasteiger partial charge in [0.15, 0.2) is 5.78 Å². The lowest BCUT2D eigenvalue weighted by Gasteiger charge is -1.88. The summed E-state index contributed by atoms with van der Waals surface area (Å²) in [6.07, 6.45) is 24.2. The van der Waals surface area contributed by atoms with Gasteiger partial charge in [-0.25, -0.2) is 0 Å². The average Bonchev–Trinajstić information content (AvgIpc) is 2.29. The highest BCUT2D eigenvalue weighted by Gasteiger charge is 1.91. The smallest absolute Gasteiger partial charge is 0.155 e. The molecule has 1 rings (SSSR count). The molecular weight excluding hydrogens is 196 g/mol. The van der Waals surface area contributed by atoms with Gasteiger partial charge in [-0.2, -0.15) is 0 Å². The van der Waals surface area contributed by atoms with Crippen LogP contribution in [-0.2, 0) is 4.79 Å². The molecule has 0 N–H and O–H groups in total. The topological polar surface area (TPSA) is 17.1 Å². The molecule has 16 heavy (non-hydrogen) atoms. The zero-order valence-electron chi connectivity index (χ0n) is 9.25. The van der Waals surface area contributed by atoms with Crippen molar-refractivity contribution in [2.45, 2.75) is 12.8 Å². The maximum absolute atomic E-state index is 11.3. The molecule has 0 spiro atoms. The van der Waals surface area contributed by atoms with Crippen LogP contribution in [0.25, 0.3) is 0 Å². The standard InChI is InChI=1S/C15H16O/c16-15-13-11-9-7-5-3-1-2-4-6-8-10-12-14-15/h1-11,13H,12,14H2/b2-1-,5-3-,6-4-,9-7-,10-8-,13-11-. The molecule has 1 heteroatoms. The van der Waals surface area contributed by atoms with Gasteiger partial charge in [-0.15, -0.1) is 0 Å². The minimum absolute atomic E-state index is 0.162. The van der Waals surface area contributed by atoms with Crippen LogP contribution in [0, 0.1) is 0 Å². The highest BCUT2D eigenvalue weighted by molar-refractivity contribution is 5.89. The Morgan fingerprint density at radius 3 is 1.81 bits per heavy atom. The molecular formula is C15H16O. The summed E-state index contributed by atoms with van der Waals surface area (Å²) >= 11 is 0. The second kappa shape index (κ2) is 8.42. The number of ketones is 1. The normalized spacial score (nSPS) is 29.4. The van der Waals surface area contributed by atoms with Crippen LogP contribution < -0.4 is 0 Å². The van der Waals surface area contributed by atoms with Crippen molar-refractivity contribution >= 4 is 5.78 Å². The minimum Gasteiger partial charge on any atom is -0.295 e. The van der Waals surface area contributed by atoms with Gasteiger partial charge in [-0.3, -0.25) is 4.79 Å². The largest absolute Gasteiger partial charge is 0.295 e. The van der Waals surface area contributed by atoms with Crippen molar-refractivity contribution < 1.29 is 4.79 Å². The first-order valence-electron chi connectivity index (χ1n) is 5.42. The van der Waals surface area contributed by atoms with Crippen LogP contribution in [0.1, 0.15) is 12.8 Å². The molecule has 0 atom stereocenters. The van der Waals surface area contributed by atoms with Crippen LogP contribution in [0.15, 0.2) is 72.9 Å². The molecule has 0 aliphatic heterocycles. The van der Waals surface area contributed by atoms with Gasteiger partial charge in [-0.1, -0.05) is 66.8 Å². The Morgan fingerprint density at radius 1 is 0.688 bits per heavy atom. The molecule has 1 aliphatic carbocycles. The van der Waals surface area contributed by atoms with Crippen molar-refractivity contribution in [1.82, 2.24) is 0 Å². The van der Waals surface area contributed by atoms with Gasteiger partial charge in [0.2, 0.25) is 0 Å². The first-order valence-corrected chi connectivity index (χ1v) is 5.42. The molecule has 0 saturated heterocycles. The van der Waals surface area contributed by atoms with Crippen molar-refractivity contribution in [3.8, 4) is 0 Å². The summed E-state index contributed by atoms with van der Waals surface area (Å²) in [6.45, 7) is 0. The Labute approximate surface area is 96.9 Å². The lowest BCUT2D eigenvalue weighted by Crippen LogP contribution is -1.89. The number of hydrogen-bond acceptors (Lipinski definition) is 1. The molecule has 0 radical (unpaired) electrons. The fourth-order valence-corrected chi connectivity index (χ4v) is 1.16. The fourth-order valence-electron chi connectivity index (χ4n) is 1.16. The van der Waals surface area contributed by atoms with Crippen LogP contribution in [0.4, 0.5) is 0 Å². The molecule has 0 heterocycles. The van der Waals surface area contributed by atoms with Crippen molar-refractivity contribution in [3.63, 3.8) is 0 Å². The van der Waals surface area contributed by atoms with Crippen LogP contribution in [0.5, 0.6) is 0 Å². The highest BCUT2D eigenvalue weighted by atomic mass is 16.1. The summed E-state index contributed by atoms with van der Waals surface area (Å²) in [4.78, 5) is 11.3. The molecule has 82 valence electrons. The van der Waals surface area contributed by atoms with E-state index in [1.54, 1.807) is 12.2 Å². The van der Waals surface area contributed by atoms with E-state index in [0.717, 1.165) is 6.42 Å². The van der Waals surface area contributed by atoms with Crippen molar-refractivity contribution in [1.29, 1.82) is 0 Å². The summed E-state index contributed by atoms with van der Waals surface area (Å²) in [7, 11) is 0. The third kappa shape index (κ3) is 6.55. The molecule has 0 fully saturated rings. The van der Waals surface area contributed by atoms with E-state index < -0.39 is 0 Å². The molecule has 1 aliphatic rings. The minimum atomic E-state index is 0.162. The van der Waals surface area contributed by atoms with Gasteiger partial charge < -0.3 is 0 Å². The molecule has 1 nitrogen and oxygen atoms in total. The van der Waals surface area contributed by atoms with Gasteiger partial charge in [0.1, 0.15) is 0 Å². The zero-order valence-corrected chi connectivity index (χ0v) is 9.25. The van der Waals surface area contributed by atoms with E-state index in [9.17, 15) is 4.79 Å². The van der Waals surface area contributed by atoms with Crippen molar-refractivity contribution in [3.05, 3.63) is 72.9 Å². The molecule has 0 bridgehead atoms. The van der Waals surface area contributed by atoms with Crippen LogP contribution >= 0.6 is 0 Å². The lowest BCUT2D eigenvalue weighted by atomic mass is 10.2. The predicted molar refractivity (Wildman–Crippen MR) is 69.1 cm³/mol. The zero-order chi connectivity index (χ0) is 11.5. The molecule has 0 amide bonds. The molecule has 0 aromatic carbocycles. The van der Waals surface area contributed by atoms with E-state index in [2.05, 4.69) is 0 Å². The van der Waals surface area contributed by atoms with Crippen molar-refractivity contribution in [2.24, 2.45) is 0 Å². The number of hydrogen-bond donors (Lipinski definition) is 0. The summed E-state index contributed by atoms with van der Waals surface area (Å²) < 4.78 is 0. The van der Waals surface area contributed by atoms with Gasteiger partial charge >= 0.3 is 0 Å². The maximum atomic E-state index is 11.3. The highest BCUT2D eigenvalue weighted by Crippen LogP contribution is 1.96. The van der Waals surface area contributed by atoms with Crippen LogP contribution in [0.3, 0.4) is 0 Å². The monoisotopic (exact) mass is 212 g/mol. The first kappa shape index (κ1) is 12.2. The second-order valence-electron chi connectivity index (χ2n) is 3.33. The Hall–Kier alpha value is -1.89. The van der Waals surface area contributed by atoms with E-state index >= 15 is 0 Å². The summed E-state index contributed by atoms with van der Waals surface area (Å²) in [5, 5.41) is 0. The molecule has 0 aromatic rings. The van der Waals surface area contributed by atoms with Gasteiger partial charge in [-0.05, 0) is 12.5 Å². The Balaban J connectivity index is 2.64. The summed E-state index contributed by atoms with van der Waals surface area (Å²) in [5.41, 5.74) is 0. The summed E-state index contributed by atoms with van der Waals surface area (Å²) in [6, 6.07) is 0. The van der Waals surface area contributed by atoms with Gasteiger partial charge in [0.05, 0.1) is 0 Å². The van der Waals surface area contributed by atoms with E-state index in [1.807, 2.05) is 60.8 Å². The first-order chi connectivity index (χ1) is 7.89. The third-order valence-corrected chi connectivity index (χ3v) is 1.98. The number of carbonyl (C=O) groups excluding carboxylic acids is 1. The van der Waals surface area contributed by atoms with E-state index in [-0.39, 0.29) is 5.78 Å². The predicted octanol–water partition coefficient (Wildman–Crippen LogP) is 3.69. The van der Waals surface area contributed by atoms with Crippen LogP contribution in [0.2, 0.25) is 0 Å². The quantitative estimate of drug-likeness (QED) is 0.598. The van der Waals surface area contributed by atoms with E-state index in [4.69, 9.17) is 0 Å². The Morgan fingerprint density at radius 2 is 1.19 bits per heavy atom. The second-order valence-corrected chi connectivity index (χ2v) is 3.33. The number of rotatable bonds is 0. The van der Waals surface area contributed by atoms with E-state index in [1.165, 1.54) is 0 Å². The van der Waals surface area contributed by atoms with Gasteiger partial charge in [0, 0.05) is 6.42 Å². The molecule has 0 unspecified atom stereocenters. The van der Waals surface area contributed by atoms with Crippen LogP contribution in [-0.4, -0.2) is 5.78 Å². The lowest BCUT2D eigenvalue weighted by molar-refractivity contribution is -0.114. The number of allylic oxidation sites excluding steroid dienone is 12. The van der Waals surface area contributed by atoms with E-state index in [0.29, 0.717) is 6.42 Å². The maximum Gasteiger partial charge on any atom is 0.155 e. The number of carbonyl (C=O) groups is 1. The molecule has 0 aromatic heterocycles. The average molecular weight is 212 g/mol. The Kier molecular flexibility index (Phi) is 6.41.